The van der Waals surface area contributed by atoms with Crippen LogP contribution in [0.5, 0.6) is 0 Å². The molecule has 0 saturated carbocycles. The second-order valence-electron chi connectivity index (χ2n) is 4.95. The van der Waals surface area contributed by atoms with E-state index in [1.807, 2.05) is 6.07 Å². The van der Waals surface area contributed by atoms with Crippen LogP contribution in [0.1, 0.15) is 18.4 Å². The zero-order valence-corrected chi connectivity index (χ0v) is 11.6. The Labute approximate surface area is 119 Å². The lowest BCUT2D eigenvalue weighted by Crippen LogP contribution is -2.47. The van der Waals surface area contributed by atoms with E-state index in [-0.39, 0.29) is 12.0 Å². The number of hydrogen-bond acceptors (Lipinski definition) is 4. The average Bonchev–Trinajstić information content (AvgIpc) is 2.95. The number of esters is 1. The summed E-state index contributed by atoms with van der Waals surface area (Å²) < 4.78 is 10.5. The predicted octanol–water partition coefficient (Wildman–Crippen LogP) is 2.03. The minimum atomic E-state index is -1.68. The van der Waals surface area contributed by atoms with Crippen LogP contribution >= 0.6 is 0 Å². The Bertz CT molecular complexity index is 471. The summed E-state index contributed by atoms with van der Waals surface area (Å²) in [5.74, 6) is -0.983. The highest BCUT2D eigenvalue weighted by Crippen LogP contribution is 2.40. The number of methoxy groups -OCH3 is 1. The molecule has 20 heavy (non-hydrogen) atoms. The minimum absolute atomic E-state index is 0.225. The van der Waals surface area contributed by atoms with E-state index >= 15 is 0 Å². The molecule has 0 amide bonds. The van der Waals surface area contributed by atoms with Gasteiger partial charge >= 0.3 is 5.97 Å². The monoisotopic (exact) mass is 276 g/mol. The fraction of sp³-hybridized carbons (Fsp3) is 0.438. The fourth-order valence-electron chi connectivity index (χ4n) is 2.85. The van der Waals surface area contributed by atoms with Gasteiger partial charge in [-0.25, -0.2) is 4.79 Å². The molecule has 0 aromatic heterocycles. The molecule has 1 fully saturated rings. The molecule has 4 heteroatoms. The average molecular weight is 276 g/mol. The van der Waals surface area contributed by atoms with Crippen molar-refractivity contribution in [2.45, 2.75) is 24.5 Å². The van der Waals surface area contributed by atoms with Gasteiger partial charge in [-0.2, -0.15) is 0 Å². The third-order valence-electron chi connectivity index (χ3n) is 3.86. The van der Waals surface area contributed by atoms with Crippen molar-refractivity contribution in [1.29, 1.82) is 0 Å². The van der Waals surface area contributed by atoms with E-state index in [0.29, 0.717) is 25.0 Å². The molecule has 1 saturated heterocycles. The number of carbonyl (C=O) groups is 1. The highest BCUT2D eigenvalue weighted by molar-refractivity contribution is 5.81. The summed E-state index contributed by atoms with van der Waals surface area (Å²) in [6.07, 6.45) is 2.72. The summed E-state index contributed by atoms with van der Waals surface area (Å²) in [6.45, 7) is 4.22. The first-order chi connectivity index (χ1) is 9.64. The molecule has 2 rings (SSSR count). The molecule has 4 nitrogen and oxygen atoms in total. The Morgan fingerprint density at radius 1 is 1.55 bits per heavy atom. The molecular weight excluding hydrogens is 256 g/mol. The molecule has 108 valence electrons. The Hall–Kier alpha value is -1.65. The standard InChI is InChI=1S/C16H20O4/c1-3-7-14-13(10-11-20-14)16(18,15(17)19-2)12-8-5-4-6-9-12/h3-6,8-9,13-14,18H,1,7,10-11H2,2H3/t13-,14+,16+/m0/s1. The van der Waals surface area contributed by atoms with Gasteiger partial charge in [0.2, 0.25) is 0 Å². The Kier molecular flexibility index (Phi) is 4.57. The van der Waals surface area contributed by atoms with Gasteiger partial charge in [-0.3, -0.25) is 0 Å². The van der Waals surface area contributed by atoms with Crippen molar-refractivity contribution in [3.05, 3.63) is 48.6 Å². The van der Waals surface area contributed by atoms with Crippen LogP contribution in [0, 0.1) is 5.92 Å². The molecule has 3 atom stereocenters. The zero-order chi connectivity index (χ0) is 14.6. The van der Waals surface area contributed by atoms with Crippen LogP contribution in [-0.2, 0) is 19.9 Å². The SMILES string of the molecule is C=CC[C@H]1OCC[C@@H]1[C@@](O)(C(=O)OC)c1ccccc1. The smallest absolute Gasteiger partial charge is 0.342 e. The van der Waals surface area contributed by atoms with Crippen LogP contribution in [-0.4, -0.2) is 30.9 Å². The molecule has 1 aliphatic rings. The van der Waals surface area contributed by atoms with Gasteiger partial charge in [0.25, 0.3) is 0 Å². The van der Waals surface area contributed by atoms with Gasteiger partial charge in [0.1, 0.15) is 0 Å². The minimum Gasteiger partial charge on any atom is -0.467 e. The van der Waals surface area contributed by atoms with Crippen molar-refractivity contribution in [2.24, 2.45) is 5.92 Å². The van der Waals surface area contributed by atoms with Crippen LogP contribution in [0.15, 0.2) is 43.0 Å². The van der Waals surface area contributed by atoms with Crippen molar-refractivity contribution in [3.63, 3.8) is 0 Å². The molecule has 0 aliphatic carbocycles. The van der Waals surface area contributed by atoms with Crippen molar-refractivity contribution in [1.82, 2.24) is 0 Å². The van der Waals surface area contributed by atoms with E-state index in [9.17, 15) is 9.90 Å². The Balaban J connectivity index is 2.42. The quantitative estimate of drug-likeness (QED) is 0.660. The first-order valence-corrected chi connectivity index (χ1v) is 6.73. The van der Waals surface area contributed by atoms with Gasteiger partial charge in [-0.15, -0.1) is 6.58 Å². The van der Waals surface area contributed by atoms with E-state index in [1.165, 1.54) is 7.11 Å². The first kappa shape index (κ1) is 14.8. The number of rotatable bonds is 5. The lowest BCUT2D eigenvalue weighted by atomic mass is 9.76. The maximum Gasteiger partial charge on any atom is 0.342 e. The van der Waals surface area contributed by atoms with Crippen LogP contribution in [0.2, 0.25) is 0 Å². The van der Waals surface area contributed by atoms with Crippen LogP contribution in [0.4, 0.5) is 0 Å². The lowest BCUT2D eigenvalue weighted by molar-refractivity contribution is -0.173. The maximum absolute atomic E-state index is 12.2. The number of aliphatic hydroxyl groups is 1. The lowest BCUT2D eigenvalue weighted by Gasteiger charge is -2.34. The van der Waals surface area contributed by atoms with Crippen molar-refractivity contribution < 1.29 is 19.4 Å². The van der Waals surface area contributed by atoms with Crippen molar-refractivity contribution in [3.8, 4) is 0 Å². The fourth-order valence-corrected chi connectivity index (χ4v) is 2.85. The Morgan fingerprint density at radius 3 is 2.85 bits per heavy atom. The number of carbonyl (C=O) groups excluding carboxylic acids is 1. The van der Waals surface area contributed by atoms with Gasteiger partial charge in [-0.05, 0) is 18.4 Å². The molecule has 1 heterocycles. The second-order valence-corrected chi connectivity index (χ2v) is 4.95. The maximum atomic E-state index is 12.2. The molecule has 0 bridgehead atoms. The van der Waals surface area contributed by atoms with Crippen LogP contribution in [0.3, 0.4) is 0 Å². The van der Waals surface area contributed by atoms with Gasteiger partial charge in [0, 0.05) is 12.5 Å². The molecular formula is C16H20O4. The second kappa shape index (κ2) is 6.20. The predicted molar refractivity (Wildman–Crippen MR) is 75.0 cm³/mol. The van der Waals surface area contributed by atoms with Gasteiger partial charge in [0.05, 0.1) is 13.2 Å². The van der Waals surface area contributed by atoms with Crippen molar-refractivity contribution >= 4 is 5.97 Å². The molecule has 0 radical (unpaired) electrons. The number of hydrogen-bond donors (Lipinski definition) is 1. The Morgan fingerprint density at radius 2 is 2.25 bits per heavy atom. The largest absolute Gasteiger partial charge is 0.467 e. The summed E-state index contributed by atoms with van der Waals surface area (Å²) in [7, 11) is 1.29. The third kappa shape index (κ3) is 2.49. The molecule has 1 aliphatic heterocycles. The van der Waals surface area contributed by atoms with Crippen LogP contribution in [0.25, 0.3) is 0 Å². The normalized spacial score (nSPS) is 24.9. The molecule has 0 unspecified atom stereocenters. The van der Waals surface area contributed by atoms with Crippen molar-refractivity contribution in [2.75, 3.05) is 13.7 Å². The summed E-state index contributed by atoms with van der Waals surface area (Å²) in [4.78, 5) is 12.2. The highest BCUT2D eigenvalue weighted by Gasteiger charge is 2.51. The summed E-state index contributed by atoms with van der Waals surface area (Å²) >= 11 is 0. The van der Waals surface area contributed by atoms with E-state index in [4.69, 9.17) is 9.47 Å². The topological polar surface area (TPSA) is 55.8 Å². The first-order valence-electron chi connectivity index (χ1n) is 6.73. The number of ether oxygens (including phenoxy) is 2. The van der Waals surface area contributed by atoms with Gasteiger partial charge < -0.3 is 14.6 Å². The summed E-state index contributed by atoms with van der Waals surface area (Å²) in [6, 6.07) is 8.90. The number of benzene rings is 1. The van der Waals surface area contributed by atoms with Crippen LogP contribution < -0.4 is 0 Å². The summed E-state index contributed by atoms with van der Waals surface area (Å²) in [5.41, 5.74) is -1.14. The van der Waals surface area contributed by atoms with E-state index in [0.717, 1.165) is 0 Å². The van der Waals surface area contributed by atoms with E-state index < -0.39 is 11.6 Å². The molecule has 1 aromatic rings. The molecule has 1 aromatic carbocycles. The molecule has 0 spiro atoms. The zero-order valence-electron chi connectivity index (χ0n) is 11.6. The molecule has 1 N–H and O–H groups in total. The van der Waals surface area contributed by atoms with Gasteiger partial charge in [0.15, 0.2) is 5.60 Å². The van der Waals surface area contributed by atoms with Gasteiger partial charge in [-0.1, -0.05) is 36.4 Å². The summed E-state index contributed by atoms with van der Waals surface area (Å²) in [5, 5.41) is 11.1. The third-order valence-corrected chi connectivity index (χ3v) is 3.86. The van der Waals surface area contributed by atoms with E-state index in [2.05, 4.69) is 6.58 Å². The van der Waals surface area contributed by atoms with E-state index in [1.54, 1.807) is 30.3 Å². The highest BCUT2D eigenvalue weighted by atomic mass is 16.5.